The molecule has 0 spiro atoms. The molecular formula is C13H11Br2ClS. The summed E-state index contributed by atoms with van der Waals surface area (Å²) < 4.78 is 1.16. The van der Waals surface area contributed by atoms with E-state index in [4.69, 9.17) is 11.6 Å². The molecule has 0 bridgehead atoms. The van der Waals surface area contributed by atoms with E-state index in [1.165, 1.54) is 16.0 Å². The summed E-state index contributed by atoms with van der Waals surface area (Å²) in [5.74, 6) is 0. The molecule has 90 valence electrons. The summed E-state index contributed by atoms with van der Waals surface area (Å²) >= 11 is 15.2. The highest BCUT2D eigenvalue weighted by Crippen LogP contribution is 2.40. The van der Waals surface area contributed by atoms with Crippen LogP contribution in [0, 0.1) is 13.8 Å². The zero-order chi connectivity index (χ0) is 12.6. The summed E-state index contributed by atoms with van der Waals surface area (Å²) in [5, 5.41) is 0.818. The topological polar surface area (TPSA) is 0 Å². The Bertz CT molecular complexity index is 548. The van der Waals surface area contributed by atoms with Crippen LogP contribution in [-0.2, 0) is 0 Å². The van der Waals surface area contributed by atoms with Gasteiger partial charge in [0.15, 0.2) is 0 Å². The van der Waals surface area contributed by atoms with Gasteiger partial charge in [-0.3, -0.25) is 0 Å². The third kappa shape index (κ3) is 2.78. The first-order chi connectivity index (χ1) is 8.00. The van der Waals surface area contributed by atoms with Crippen LogP contribution in [-0.4, -0.2) is 0 Å². The van der Waals surface area contributed by atoms with Crippen LogP contribution in [0.15, 0.2) is 28.1 Å². The van der Waals surface area contributed by atoms with Gasteiger partial charge >= 0.3 is 0 Å². The average Bonchev–Trinajstić information content (AvgIpc) is 2.61. The van der Waals surface area contributed by atoms with E-state index in [0.29, 0.717) is 0 Å². The fourth-order valence-electron chi connectivity index (χ4n) is 1.78. The third-order valence-corrected chi connectivity index (χ3v) is 5.75. The fourth-order valence-corrected chi connectivity index (χ4v) is 4.83. The Morgan fingerprint density at radius 1 is 1.24 bits per heavy atom. The molecule has 0 fully saturated rings. The molecule has 1 unspecified atom stereocenters. The lowest BCUT2D eigenvalue weighted by molar-refractivity contribution is 1.14. The highest BCUT2D eigenvalue weighted by atomic mass is 79.9. The number of rotatable bonds is 2. The first-order valence-corrected chi connectivity index (χ1v) is 8.06. The Morgan fingerprint density at radius 2 is 1.94 bits per heavy atom. The van der Waals surface area contributed by atoms with E-state index >= 15 is 0 Å². The molecule has 0 aliphatic rings. The van der Waals surface area contributed by atoms with Gasteiger partial charge in [-0.05, 0) is 58.6 Å². The van der Waals surface area contributed by atoms with Crippen molar-refractivity contribution >= 4 is 54.8 Å². The number of benzene rings is 1. The maximum Gasteiger partial charge on any atom is 0.0704 e. The Labute approximate surface area is 127 Å². The second-order valence-electron chi connectivity index (χ2n) is 3.88. The van der Waals surface area contributed by atoms with Gasteiger partial charge in [-0.15, -0.1) is 11.3 Å². The Balaban J connectivity index is 2.47. The van der Waals surface area contributed by atoms with Crippen molar-refractivity contribution in [1.29, 1.82) is 0 Å². The molecule has 2 aromatic rings. The molecule has 1 aromatic carbocycles. The molecule has 0 aliphatic carbocycles. The van der Waals surface area contributed by atoms with Crippen LogP contribution in [0.3, 0.4) is 0 Å². The van der Waals surface area contributed by atoms with Gasteiger partial charge in [0.05, 0.1) is 8.61 Å². The lowest BCUT2D eigenvalue weighted by atomic mass is 10.0. The molecular weight excluding hydrogens is 383 g/mol. The molecule has 0 saturated heterocycles. The van der Waals surface area contributed by atoms with Crippen LogP contribution < -0.4 is 0 Å². The van der Waals surface area contributed by atoms with Gasteiger partial charge in [-0.1, -0.05) is 39.7 Å². The smallest absolute Gasteiger partial charge is 0.0704 e. The number of thiophene rings is 1. The monoisotopic (exact) mass is 392 g/mol. The molecule has 0 N–H and O–H groups in total. The molecule has 1 atom stereocenters. The number of hydrogen-bond acceptors (Lipinski definition) is 1. The Kier molecular flexibility index (Phi) is 4.35. The quantitative estimate of drug-likeness (QED) is 0.527. The summed E-state index contributed by atoms with van der Waals surface area (Å²) in [6, 6.07) is 8.21. The molecule has 0 amide bonds. The van der Waals surface area contributed by atoms with Crippen LogP contribution in [0.5, 0.6) is 0 Å². The predicted octanol–water partition coefficient (Wildman–Crippen LogP) is 6.27. The van der Waals surface area contributed by atoms with Gasteiger partial charge in [0.25, 0.3) is 0 Å². The van der Waals surface area contributed by atoms with Crippen molar-refractivity contribution in [3.8, 4) is 0 Å². The van der Waals surface area contributed by atoms with Gasteiger partial charge in [-0.2, -0.15) is 0 Å². The first-order valence-electron chi connectivity index (χ1n) is 5.15. The van der Waals surface area contributed by atoms with Crippen molar-refractivity contribution in [3.05, 3.63) is 54.6 Å². The van der Waals surface area contributed by atoms with Crippen molar-refractivity contribution in [2.45, 2.75) is 18.7 Å². The van der Waals surface area contributed by atoms with Crippen LogP contribution in [0.25, 0.3) is 0 Å². The Hall–Kier alpha value is 0.170. The number of hydrogen-bond donors (Lipinski definition) is 0. The fraction of sp³-hybridized carbons (Fsp3) is 0.231. The highest BCUT2D eigenvalue weighted by Gasteiger charge is 2.17. The summed E-state index contributed by atoms with van der Waals surface area (Å²) in [4.78, 5) is 1.52. The lowest BCUT2D eigenvalue weighted by Crippen LogP contribution is -1.96. The molecule has 0 nitrogen and oxygen atoms in total. The molecule has 4 heteroatoms. The first kappa shape index (κ1) is 13.6. The number of alkyl halides is 1. The zero-order valence-corrected chi connectivity index (χ0v) is 14.2. The van der Waals surface area contributed by atoms with E-state index in [9.17, 15) is 0 Å². The summed E-state index contributed by atoms with van der Waals surface area (Å²) in [6.07, 6.45) is 0. The molecule has 2 rings (SSSR count). The van der Waals surface area contributed by atoms with Crippen LogP contribution in [0.1, 0.15) is 26.4 Å². The maximum atomic E-state index is 6.16. The average molecular weight is 395 g/mol. The van der Waals surface area contributed by atoms with E-state index < -0.39 is 0 Å². The minimum absolute atomic E-state index is 0.198. The van der Waals surface area contributed by atoms with Gasteiger partial charge in [0.1, 0.15) is 0 Å². The van der Waals surface area contributed by atoms with Crippen molar-refractivity contribution in [1.82, 2.24) is 0 Å². The lowest BCUT2D eigenvalue weighted by Gasteiger charge is -2.14. The van der Waals surface area contributed by atoms with E-state index in [1.807, 2.05) is 12.1 Å². The van der Waals surface area contributed by atoms with Crippen molar-refractivity contribution < 1.29 is 0 Å². The standard InChI is InChI=1S/C13H11Br2ClS/c1-7-9(4-3-5-11(7)16)13(15)10-6-12(14)17-8(10)2/h3-6,13H,1-2H3. The summed E-state index contributed by atoms with van der Waals surface area (Å²) in [5.41, 5.74) is 3.66. The molecule has 0 aliphatic heterocycles. The van der Waals surface area contributed by atoms with Gasteiger partial charge in [0, 0.05) is 9.90 Å². The second-order valence-corrected chi connectivity index (χ2v) is 7.84. The largest absolute Gasteiger partial charge is 0.133 e. The molecule has 0 saturated carbocycles. The predicted molar refractivity (Wildman–Crippen MR) is 83.7 cm³/mol. The molecule has 17 heavy (non-hydrogen) atoms. The van der Waals surface area contributed by atoms with Crippen LogP contribution in [0.2, 0.25) is 5.02 Å². The number of halogens is 3. The van der Waals surface area contributed by atoms with E-state index in [-0.39, 0.29) is 4.83 Å². The second kappa shape index (κ2) is 5.43. The van der Waals surface area contributed by atoms with Crippen molar-refractivity contribution in [3.63, 3.8) is 0 Å². The molecule has 1 aromatic heterocycles. The van der Waals surface area contributed by atoms with E-state index in [1.54, 1.807) is 11.3 Å². The summed E-state index contributed by atoms with van der Waals surface area (Å²) in [7, 11) is 0. The van der Waals surface area contributed by atoms with Gasteiger partial charge in [-0.25, -0.2) is 0 Å². The molecule has 1 heterocycles. The summed E-state index contributed by atoms with van der Waals surface area (Å²) in [6.45, 7) is 4.20. The SMILES string of the molecule is Cc1sc(Br)cc1C(Br)c1cccc(Cl)c1C. The minimum Gasteiger partial charge on any atom is -0.133 e. The van der Waals surface area contributed by atoms with Crippen molar-refractivity contribution in [2.75, 3.05) is 0 Å². The third-order valence-electron chi connectivity index (χ3n) is 2.78. The van der Waals surface area contributed by atoms with Crippen LogP contribution >= 0.6 is 54.8 Å². The van der Waals surface area contributed by atoms with Gasteiger partial charge in [0.2, 0.25) is 0 Å². The van der Waals surface area contributed by atoms with E-state index in [2.05, 4.69) is 57.8 Å². The van der Waals surface area contributed by atoms with Crippen LogP contribution in [0.4, 0.5) is 0 Å². The normalized spacial score (nSPS) is 12.8. The Morgan fingerprint density at radius 3 is 2.53 bits per heavy atom. The zero-order valence-electron chi connectivity index (χ0n) is 9.43. The van der Waals surface area contributed by atoms with Crippen molar-refractivity contribution in [2.24, 2.45) is 0 Å². The maximum absolute atomic E-state index is 6.16. The minimum atomic E-state index is 0.198. The highest BCUT2D eigenvalue weighted by molar-refractivity contribution is 9.11. The van der Waals surface area contributed by atoms with Gasteiger partial charge < -0.3 is 0 Å². The molecule has 0 radical (unpaired) electrons. The van der Waals surface area contributed by atoms with E-state index in [0.717, 1.165) is 14.4 Å². The number of aryl methyl sites for hydroxylation is 1.